The standard InChI is InChI=1S/C26H30FN5O/c1-17-5-6-21-7-8-22(30-10-9-29(4)19(3)14-30)16-32(21)25(33)12-23(17)20-11-24(27)26-28-18(2)13-31(26)15-20/h6-8,11-13,15-17,19H,5,9-10,14H2,1-4H3. The number of aryl methyl sites for hydroxylation is 1. The SMILES string of the molecule is Cc1cn2cc(C3=CC(=O)N4C=C(N5CCN(C)C(C)C5)C=CC4=CCC3C)cc(F)c2n1. The third-order valence-corrected chi connectivity index (χ3v) is 6.98. The molecule has 5 heterocycles. The van der Waals surface area contributed by atoms with Crippen LogP contribution in [-0.4, -0.2) is 62.7 Å². The fraction of sp³-hybridized carbons (Fsp3) is 0.385. The minimum atomic E-state index is -0.383. The molecular weight excluding hydrogens is 417 g/mol. The van der Waals surface area contributed by atoms with E-state index in [0.717, 1.165) is 48.7 Å². The number of carbonyl (C=O) groups excluding carboxylic acids is 1. The van der Waals surface area contributed by atoms with E-state index in [0.29, 0.717) is 17.3 Å². The van der Waals surface area contributed by atoms with Gasteiger partial charge in [0.05, 0.1) is 11.4 Å². The summed E-state index contributed by atoms with van der Waals surface area (Å²) in [6.45, 7) is 8.99. The lowest BCUT2D eigenvalue weighted by molar-refractivity contribution is -0.122. The summed E-state index contributed by atoms with van der Waals surface area (Å²) in [5.41, 5.74) is 4.54. The number of nitrogens with zero attached hydrogens (tertiary/aromatic N) is 5. The maximum atomic E-state index is 14.8. The zero-order valence-electron chi connectivity index (χ0n) is 19.6. The van der Waals surface area contributed by atoms with Gasteiger partial charge in [-0.2, -0.15) is 0 Å². The van der Waals surface area contributed by atoms with Crippen molar-refractivity contribution in [1.29, 1.82) is 0 Å². The number of rotatable bonds is 2. The molecule has 0 bridgehead atoms. The van der Waals surface area contributed by atoms with Gasteiger partial charge in [0, 0.05) is 56.0 Å². The molecule has 5 rings (SSSR count). The van der Waals surface area contributed by atoms with Crippen LogP contribution < -0.4 is 0 Å². The Hall–Kier alpha value is -3.19. The molecule has 0 spiro atoms. The predicted molar refractivity (Wildman–Crippen MR) is 127 cm³/mol. The first-order chi connectivity index (χ1) is 15.8. The van der Waals surface area contributed by atoms with Crippen LogP contribution in [0.2, 0.25) is 0 Å². The monoisotopic (exact) mass is 447 g/mol. The maximum Gasteiger partial charge on any atom is 0.255 e. The number of allylic oxidation sites excluding steroid dienone is 4. The average Bonchev–Trinajstić information content (AvgIpc) is 3.17. The first kappa shape index (κ1) is 21.6. The number of carbonyl (C=O) groups is 1. The van der Waals surface area contributed by atoms with Crippen molar-refractivity contribution in [2.45, 2.75) is 33.2 Å². The molecule has 33 heavy (non-hydrogen) atoms. The van der Waals surface area contributed by atoms with Crippen molar-refractivity contribution >= 4 is 17.1 Å². The van der Waals surface area contributed by atoms with Crippen LogP contribution in [0.4, 0.5) is 4.39 Å². The lowest BCUT2D eigenvalue weighted by atomic mass is 9.90. The Kier molecular flexibility index (Phi) is 5.44. The molecule has 2 aromatic heterocycles. The Morgan fingerprint density at radius 2 is 1.91 bits per heavy atom. The van der Waals surface area contributed by atoms with E-state index >= 15 is 0 Å². The van der Waals surface area contributed by atoms with Crippen molar-refractivity contribution in [3.63, 3.8) is 0 Å². The molecule has 3 aliphatic heterocycles. The van der Waals surface area contributed by atoms with Gasteiger partial charge in [-0.3, -0.25) is 9.69 Å². The lowest BCUT2D eigenvalue weighted by Gasteiger charge is -2.40. The molecule has 0 N–H and O–H groups in total. The van der Waals surface area contributed by atoms with Gasteiger partial charge >= 0.3 is 0 Å². The van der Waals surface area contributed by atoms with E-state index < -0.39 is 0 Å². The van der Waals surface area contributed by atoms with E-state index in [1.165, 1.54) is 6.07 Å². The van der Waals surface area contributed by atoms with Crippen LogP contribution in [0, 0.1) is 18.7 Å². The number of pyridine rings is 1. The fourth-order valence-corrected chi connectivity index (χ4v) is 4.80. The number of imidazole rings is 1. The highest BCUT2D eigenvalue weighted by Crippen LogP contribution is 2.32. The van der Waals surface area contributed by atoms with E-state index in [1.807, 2.05) is 25.4 Å². The molecule has 3 aliphatic rings. The first-order valence-corrected chi connectivity index (χ1v) is 11.6. The zero-order chi connectivity index (χ0) is 23.3. The summed E-state index contributed by atoms with van der Waals surface area (Å²) in [6.07, 6.45) is 14.3. The van der Waals surface area contributed by atoms with Gasteiger partial charge in [-0.25, -0.2) is 9.37 Å². The van der Waals surface area contributed by atoms with Crippen molar-refractivity contribution < 1.29 is 9.18 Å². The summed E-state index contributed by atoms with van der Waals surface area (Å²) in [4.78, 5) is 24.1. The fourth-order valence-electron chi connectivity index (χ4n) is 4.80. The second-order valence-electron chi connectivity index (χ2n) is 9.43. The molecule has 1 amide bonds. The second kappa shape index (κ2) is 8.30. The number of hydrogen-bond acceptors (Lipinski definition) is 4. The number of hydrogen-bond donors (Lipinski definition) is 0. The van der Waals surface area contributed by atoms with Crippen molar-refractivity contribution in [3.8, 4) is 0 Å². The maximum absolute atomic E-state index is 14.8. The summed E-state index contributed by atoms with van der Waals surface area (Å²) in [5.74, 6) is -0.428. The van der Waals surface area contributed by atoms with Crippen LogP contribution in [0.1, 0.15) is 31.5 Å². The molecule has 0 aromatic carbocycles. The second-order valence-corrected chi connectivity index (χ2v) is 9.43. The third-order valence-electron chi connectivity index (χ3n) is 6.98. The van der Waals surface area contributed by atoms with Crippen LogP contribution in [-0.2, 0) is 4.79 Å². The molecule has 2 atom stereocenters. The smallest absolute Gasteiger partial charge is 0.255 e. The van der Waals surface area contributed by atoms with E-state index in [-0.39, 0.29) is 17.6 Å². The highest BCUT2D eigenvalue weighted by molar-refractivity contribution is 5.98. The van der Waals surface area contributed by atoms with E-state index in [9.17, 15) is 9.18 Å². The molecule has 172 valence electrons. The van der Waals surface area contributed by atoms with Gasteiger partial charge in [0.25, 0.3) is 5.91 Å². The van der Waals surface area contributed by atoms with Gasteiger partial charge in [-0.05, 0) is 62.6 Å². The Morgan fingerprint density at radius 3 is 2.70 bits per heavy atom. The number of piperazine rings is 1. The van der Waals surface area contributed by atoms with Crippen molar-refractivity contribution in [2.75, 3.05) is 26.7 Å². The van der Waals surface area contributed by atoms with Gasteiger partial charge in [0.1, 0.15) is 0 Å². The topological polar surface area (TPSA) is 44.1 Å². The zero-order valence-corrected chi connectivity index (χ0v) is 19.6. The van der Waals surface area contributed by atoms with Gasteiger partial charge in [-0.1, -0.05) is 13.0 Å². The van der Waals surface area contributed by atoms with Crippen LogP contribution in [0.25, 0.3) is 11.2 Å². The summed E-state index contributed by atoms with van der Waals surface area (Å²) < 4.78 is 16.5. The number of aromatic nitrogens is 2. The van der Waals surface area contributed by atoms with Gasteiger partial charge in [-0.15, -0.1) is 0 Å². The van der Waals surface area contributed by atoms with Crippen LogP contribution in [0.3, 0.4) is 0 Å². The summed E-state index contributed by atoms with van der Waals surface area (Å²) in [7, 11) is 2.15. The Bertz CT molecular complexity index is 1240. The van der Waals surface area contributed by atoms with E-state index in [2.05, 4.69) is 47.8 Å². The lowest BCUT2D eigenvalue weighted by Crippen LogP contribution is -2.49. The molecule has 1 fully saturated rings. The van der Waals surface area contributed by atoms with E-state index in [1.54, 1.807) is 21.6 Å². The van der Waals surface area contributed by atoms with Gasteiger partial charge < -0.3 is 14.2 Å². The molecule has 6 nitrogen and oxygen atoms in total. The predicted octanol–water partition coefficient (Wildman–Crippen LogP) is 3.96. The number of fused-ring (bicyclic) bond motifs is 2. The largest absolute Gasteiger partial charge is 0.367 e. The van der Waals surface area contributed by atoms with Crippen LogP contribution in [0.5, 0.6) is 0 Å². The third kappa shape index (κ3) is 4.02. The molecule has 0 aliphatic carbocycles. The number of likely N-dealkylation sites (N-methyl/N-ethyl adjacent to an activating group) is 1. The molecule has 0 radical (unpaired) electrons. The molecule has 1 saturated heterocycles. The van der Waals surface area contributed by atoms with Crippen LogP contribution >= 0.6 is 0 Å². The number of amides is 1. The quantitative estimate of drug-likeness (QED) is 0.699. The Balaban J connectivity index is 1.48. The first-order valence-electron chi connectivity index (χ1n) is 11.6. The van der Waals surface area contributed by atoms with Crippen molar-refractivity contribution in [2.24, 2.45) is 5.92 Å². The average molecular weight is 448 g/mol. The van der Waals surface area contributed by atoms with E-state index in [4.69, 9.17) is 0 Å². The minimum absolute atomic E-state index is 0.0716. The summed E-state index contributed by atoms with van der Waals surface area (Å²) in [5, 5.41) is 0. The summed E-state index contributed by atoms with van der Waals surface area (Å²) in [6, 6.07) is 1.95. The van der Waals surface area contributed by atoms with Gasteiger partial charge in [0.2, 0.25) is 0 Å². The molecule has 0 saturated carbocycles. The molecule has 2 unspecified atom stereocenters. The normalized spacial score (nSPS) is 24.3. The number of halogens is 1. The molecule has 2 aromatic rings. The Labute approximate surface area is 194 Å². The molecule has 7 heteroatoms. The minimum Gasteiger partial charge on any atom is -0.367 e. The van der Waals surface area contributed by atoms with Gasteiger partial charge in [0.15, 0.2) is 11.5 Å². The highest BCUT2D eigenvalue weighted by Gasteiger charge is 2.27. The summed E-state index contributed by atoms with van der Waals surface area (Å²) >= 11 is 0. The van der Waals surface area contributed by atoms with Crippen LogP contribution in [0.15, 0.2) is 60.4 Å². The van der Waals surface area contributed by atoms with Crippen molar-refractivity contribution in [3.05, 3.63) is 77.4 Å². The molecular formula is C26H30FN5O. The highest BCUT2D eigenvalue weighted by atomic mass is 19.1. The van der Waals surface area contributed by atoms with Crippen molar-refractivity contribution in [1.82, 2.24) is 24.1 Å². The Morgan fingerprint density at radius 1 is 1.12 bits per heavy atom.